The van der Waals surface area contributed by atoms with Gasteiger partial charge in [0.15, 0.2) is 5.82 Å². The maximum atomic E-state index is 13.6. The number of nitrogens with one attached hydrogen (secondary N) is 3. The lowest BCUT2D eigenvalue weighted by Gasteiger charge is -2.14. The summed E-state index contributed by atoms with van der Waals surface area (Å²) in [6, 6.07) is 14.3. The molecule has 0 bridgehead atoms. The Bertz CT molecular complexity index is 1650. The molecule has 10 nitrogen and oxygen atoms in total. The zero-order chi connectivity index (χ0) is 26.8. The summed E-state index contributed by atoms with van der Waals surface area (Å²) >= 11 is 0. The van der Waals surface area contributed by atoms with Crippen LogP contribution in [0.3, 0.4) is 0 Å². The van der Waals surface area contributed by atoms with E-state index in [9.17, 15) is 9.59 Å². The fraction of sp³-hybridized carbons (Fsp3) is 0.276. The van der Waals surface area contributed by atoms with Crippen LogP contribution in [0.4, 0.5) is 5.82 Å². The van der Waals surface area contributed by atoms with Crippen LogP contribution in [0, 0.1) is 6.92 Å². The van der Waals surface area contributed by atoms with Gasteiger partial charge in [-0.1, -0.05) is 30.3 Å². The van der Waals surface area contributed by atoms with Crippen LogP contribution in [0.15, 0.2) is 72.0 Å². The molecule has 1 aromatic carbocycles. The minimum Gasteiger partial charge on any atom is -0.365 e. The van der Waals surface area contributed by atoms with Crippen molar-refractivity contribution in [3.05, 3.63) is 94.6 Å². The predicted molar refractivity (Wildman–Crippen MR) is 149 cm³/mol. The number of hydrogen-bond acceptors (Lipinski definition) is 6. The molecular weight excluding hydrogens is 492 g/mol. The van der Waals surface area contributed by atoms with Gasteiger partial charge in [-0.05, 0) is 43.9 Å². The number of aromatic nitrogens is 6. The topological polar surface area (TPSA) is 123 Å². The van der Waals surface area contributed by atoms with Crippen molar-refractivity contribution in [3.8, 4) is 11.3 Å². The molecule has 10 heteroatoms. The van der Waals surface area contributed by atoms with Crippen molar-refractivity contribution in [1.82, 2.24) is 34.6 Å². The Morgan fingerprint density at radius 1 is 1.15 bits per heavy atom. The molecule has 6 rings (SSSR count). The highest BCUT2D eigenvalue weighted by Crippen LogP contribution is 2.36. The van der Waals surface area contributed by atoms with Crippen molar-refractivity contribution in [2.24, 2.45) is 0 Å². The fourth-order valence-corrected chi connectivity index (χ4v) is 4.73. The minimum atomic E-state index is -0.342. The van der Waals surface area contributed by atoms with Crippen LogP contribution < -0.4 is 16.2 Å². The summed E-state index contributed by atoms with van der Waals surface area (Å²) in [6.07, 6.45) is 10.1. The van der Waals surface area contributed by atoms with Crippen molar-refractivity contribution >= 4 is 22.6 Å². The number of amides is 1. The van der Waals surface area contributed by atoms with Crippen molar-refractivity contribution in [2.45, 2.75) is 45.3 Å². The first-order valence-electron chi connectivity index (χ1n) is 13.2. The number of nitrogens with zero attached hydrogens (tertiary/aromatic N) is 5. The van der Waals surface area contributed by atoms with E-state index in [1.807, 2.05) is 60.3 Å². The van der Waals surface area contributed by atoms with Gasteiger partial charge in [-0.15, -0.1) is 0 Å². The van der Waals surface area contributed by atoms with E-state index in [2.05, 4.69) is 30.7 Å². The Labute approximate surface area is 225 Å². The van der Waals surface area contributed by atoms with Crippen LogP contribution in [0.2, 0.25) is 0 Å². The van der Waals surface area contributed by atoms with Gasteiger partial charge < -0.3 is 15.6 Å². The molecule has 1 aliphatic carbocycles. The lowest BCUT2D eigenvalue weighted by Crippen LogP contribution is -2.34. The van der Waals surface area contributed by atoms with Crippen molar-refractivity contribution in [3.63, 3.8) is 0 Å². The van der Waals surface area contributed by atoms with Gasteiger partial charge in [0, 0.05) is 47.3 Å². The number of benzene rings is 1. The summed E-state index contributed by atoms with van der Waals surface area (Å²) in [7, 11) is 0. The highest BCUT2D eigenvalue weighted by molar-refractivity contribution is 5.80. The first-order valence-corrected chi connectivity index (χ1v) is 13.2. The number of carbonyl (C=O) groups is 1. The lowest BCUT2D eigenvalue weighted by molar-refractivity contribution is -0.121. The Kier molecular flexibility index (Phi) is 6.66. The summed E-state index contributed by atoms with van der Waals surface area (Å²) in [4.78, 5) is 38.6. The Balaban J connectivity index is 1.24. The predicted octanol–water partition coefficient (Wildman–Crippen LogP) is 3.60. The normalized spacial score (nSPS) is 13.1. The molecular formula is C29H30N8O2. The summed E-state index contributed by atoms with van der Waals surface area (Å²) in [5.74, 6) is -0.0540. The second-order valence-electron chi connectivity index (χ2n) is 9.92. The molecule has 198 valence electrons. The van der Waals surface area contributed by atoms with Crippen LogP contribution in [-0.4, -0.2) is 41.8 Å². The van der Waals surface area contributed by atoms with Crippen molar-refractivity contribution in [2.75, 3.05) is 11.9 Å². The quantitative estimate of drug-likeness (QED) is 0.258. The van der Waals surface area contributed by atoms with Gasteiger partial charge in [-0.2, -0.15) is 5.10 Å². The largest absolute Gasteiger partial charge is 0.365 e. The van der Waals surface area contributed by atoms with Crippen molar-refractivity contribution in [1.29, 1.82) is 0 Å². The van der Waals surface area contributed by atoms with Gasteiger partial charge in [0.1, 0.15) is 6.54 Å². The second-order valence-corrected chi connectivity index (χ2v) is 9.92. The average molecular weight is 523 g/mol. The zero-order valence-electron chi connectivity index (χ0n) is 21.7. The lowest BCUT2D eigenvalue weighted by atomic mass is 10.1. The molecule has 0 atom stereocenters. The molecule has 0 saturated heterocycles. The maximum absolute atomic E-state index is 13.6. The summed E-state index contributed by atoms with van der Waals surface area (Å²) < 4.78 is 3.44. The van der Waals surface area contributed by atoms with E-state index in [0.29, 0.717) is 24.8 Å². The molecule has 39 heavy (non-hydrogen) atoms. The third kappa shape index (κ3) is 5.45. The van der Waals surface area contributed by atoms with E-state index in [4.69, 9.17) is 0 Å². The number of pyridine rings is 1. The van der Waals surface area contributed by atoms with Crippen LogP contribution in [0.5, 0.6) is 0 Å². The van der Waals surface area contributed by atoms with Crippen LogP contribution >= 0.6 is 0 Å². The Morgan fingerprint density at radius 2 is 2.00 bits per heavy atom. The van der Waals surface area contributed by atoms with Crippen molar-refractivity contribution < 1.29 is 4.79 Å². The summed E-state index contributed by atoms with van der Waals surface area (Å²) in [5.41, 5.74) is 4.81. The first kappa shape index (κ1) is 24.6. The van der Waals surface area contributed by atoms with Gasteiger partial charge in [0.2, 0.25) is 5.91 Å². The van der Waals surface area contributed by atoms with E-state index in [1.165, 1.54) is 4.57 Å². The van der Waals surface area contributed by atoms with E-state index in [0.717, 1.165) is 52.7 Å². The van der Waals surface area contributed by atoms with Crippen LogP contribution in [0.1, 0.15) is 35.8 Å². The van der Waals surface area contributed by atoms with Gasteiger partial charge in [0.25, 0.3) is 5.56 Å². The number of anilines is 1. The third-order valence-corrected chi connectivity index (χ3v) is 6.97. The number of H-pyrrole nitrogens is 1. The first-order chi connectivity index (χ1) is 19.0. The molecule has 3 N–H and O–H groups in total. The number of hydrogen-bond donors (Lipinski definition) is 3. The van der Waals surface area contributed by atoms with Gasteiger partial charge in [-0.25, -0.2) is 4.98 Å². The second kappa shape index (κ2) is 10.6. The molecule has 4 heterocycles. The van der Waals surface area contributed by atoms with Crippen LogP contribution in [0.25, 0.3) is 22.2 Å². The van der Waals surface area contributed by atoms with Crippen LogP contribution in [-0.2, 0) is 24.3 Å². The molecule has 1 fully saturated rings. The smallest absolute Gasteiger partial charge is 0.294 e. The zero-order valence-corrected chi connectivity index (χ0v) is 21.7. The Morgan fingerprint density at radius 3 is 2.79 bits per heavy atom. The molecule has 0 unspecified atom stereocenters. The van der Waals surface area contributed by atoms with Gasteiger partial charge >= 0.3 is 0 Å². The summed E-state index contributed by atoms with van der Waals surface area (Å²) in [5, 5.41) is 11.7. The van der Waals surface area contributed by atoms with Gasteiger partial charge in [0.05, 0.1) is 30.2 Å². The molecule has 1 amide bonds. The monoisotopic (exact) mass is 522 g/mol. The number of aryl methyl sites for hydroxylation is 1. The number of rotatable bonds is 10. The SMILES string of the molecule is Cc1nn(C2CC2)cc1-c1cnc(NCCc2ccccc2)c(=O)n1CC(=O)NCc1cc2cnccc2[nH]1. The molecule has 0 radical (unpaired) electrons. The van der Waals surface area contributed by atoms with E-state index in [-0.39, 0.29) is 23.8 Å². The van der Waals surface area contributed by atoms with E-state index in [1.54, 1.807) is 18.6 Å². The molecule has 5 aromatic rings. The van der Waals surface area contributed by atoms with E-state index >= 15 is 0 Å². The summed E-state index contributed by atoms with van der Waals surface area (Å²) in [6.45, 7) is 2.63. The molecule has 1 aliphatic rings. The fourth-order valence-electron chi connectivity index (χ4n) is 4.73. The molecule has 0 spiro atoms. The molecule has 1 saturated carbocycles. The third-order valence-electron chi connectivity index (χ3n) is 6.97. The number of aromatic amines is 1. The number of fused-ring (bicyclic) bond motifs is 1. The molecule has 4 aromatic heterocycles. The number of carbonyl (C=O) groups excluding carboxylic acids is 1. The standard InChI is InChI=1S/C29H30N8O2/c1-19-24(17-37(35-19)23-7-8-23)26-16-33-28(31-12-9-20-5-3-2-4-6-20)29(39)36(26)18-27(38)32-15-22-13-21-14-30-11-10-25(21)34-22/h2-6,10-11,13-14,16-17,23,34H,7-9,12,15,18H2,1H3,(H,31,33)(H,32,38). The highest BCUT2D eigenvalue weighted by atomic mass is 16.2. The van der Waals surface area contributed by atoms with E-state index < -0.39 is 0 Å². The minimum absolute atomic E-state index is 0.139. The maximum Gasteiger partial charge on any atom is 0.294 e. The Hall–Kier alpha value is -4.73. The molecule has 0 aliphatic heterocycles. The van der Waals surface area contributed by atoms with Gasteiger partial charge in [-0.3, -0.25) is 23.8 Å². The highest BCUT2D eigenvalue weighted by Gasteiger charge is 2.26. The average Bonchev–Trinajstić information content (AvgIpc) is 3.60.